The van der Waals surface area contributed by atoms with Gasteiger partial charge in [0.05, 0.1) is 11.8 Å². The number of hydrogen-bond acceptors (Lipinski definition) is 6. The molecular formula is C15H21N5OS. The lowest BCUT2D eigenvalue weighted by Gasteiger charge is -2.24. The Kier molecular flexibility index (Phi) is 5.72. The molecule has 1 aliphatic carbocycles. The first kappa shape index (κ1) is 16.7. The number of hydrogen-bond donors (Lipinski definition) is 1. The summed E-state index contributed by atoms with van der Waals surface area (Å²) in [6.07, 6.45) is 5.96. The van der Waals surface area contributed by atoms with Gasteiger partial charge in [0.1, 0.15) is 11.7 Å². The summed E-state index contributed by atoms with van der Waals surface area (Å²) in [6, 6.07) is 2.30. The van der Waals surface area contributed by atoms with Gasteiger partial charge in [-0.2, -0.15) is 5.26 Å². The van der Waals surface area contributed by atoms with Gasteiger partial charge in [0.25, 0.3) is 0 Å². The fraction of sp³-hybridized carbons (Fsp3) is 0.667. The summed E-state index contributed by atoms with van der Waals surface area (Å²) in [7, 11) is 0. The number of carbonyl (C=O) groups excluding carboxylic acids is 1. The summed E-state index contributed by atoms with van der Waals surface area (Å²) >= 11 is 1.32. The Morgan fingerprint density at radius 1 is 1.45 bits per heavy atom. The van der Waals surface area contributed by atoms with Gasteiger partial charge in [0.15, 0.2) is 10.9 Å². The smallest absolute Gasteiger partial charge is 0.191 e. The largest absolute Gasteiger partial charge is 0.308 e. The van der Waals surface area contributed by atoms with Crippen LogP contribution in [0.25, 0.3) is 0 Å². The van der Waals surface area contributed by atoms with Gasteiger partial charge >= 0.3 is 0 Å². The molecule has 0 spiro atoms. The van der Waals surface area contributed by atoms with E-state index < -0.39 is 5.92 Å². The molecule has 1 atom stereocenters. The highest BCUT2D eigenvalue weighted by Gasteiger charge is 2.24. The van der Waals surface area contributed by atoms with Crippen LogP contribution in [0.3, 0.4) is 0 Å². The molecule has 22 heavy (non-hydrogen) atoms. The van der Waals surface area contributed by atoms with Gasteiger partial charge in [0, 0.05) is 11.8 Å². The molecule has 1 aromatic rings. The molecule has 0 amide bonds. The molecule has 2 rings (SSSR count). The van der Waals surface area contributed by atoms with E-state index in [1.54, 1.807) is 0 Å². The monoisotopic (exact) mass is 319 g/mol. The van der Waals surface area contributed by atoms with E-state index in [1.807, 2.05) is 13.0 Å². The van der Waals surface area contributed by atoms with E-state index in [2.05, 4.69) is 14.8 Å². The highest BCUT2D eigenvalue weighted by atomic mass is 32.2. The number of nitriles is 1. The third kappa shape index (κ3) is 3.74. The summed E-state index contributed by atoms with van der Waals surface area (Å²) in [6.45, 7) is 3.43. The molecule has 1 aliphatic rings. The summed E-state index contributed by atoms with van der Waals surface area (Å²) in [5, 5.41) is 25.5. The molecule has 118 valence electrons. The summed E-state index contributed by atoms with van der Waals surface area (Å²) in [5.41, 5.74) is 0.0954. The van der Waals surface area contributed by atoms with Crippen LogP contribution in [0.1, 0.15) is 50.9 Å². The van der Waals surface area contributed by atoms with E-state index in [0.717, 1.165) is 23.8 Å². The Morgan fingerprint density at radius 3 is 2.73 bits per heavy atom. The van der Waals surface area contributed by atoms with Crippen LogP contribution in [-0.2, 0) is 4.79 Å². The molecule has 0 radical (unpaired) electrons. The lowest BCUT2D eigenvalue weighted by atomic mass is 9.95. The number of nitrogens with one attached hydrogen (secondary N) is 1. The Bertz CT molecular complexity index is 598. The zero-order valence-corrected chi connectivity index (χ0v) is 13.8. The fourth-order valence-electron chi connectivity index (χ4n) is 2.84. The number of Topliss-reactive ketones (excluding diaryl/α,β-unsaturated/α-hetero) is 1. The fourth-order valence-corrected chi connectivity index (χ4v) is 3.79. The Balaban J connectivity index is 2.06. The van der Waals surface area contributed by atoms with Crippen LogP contribution >= 0.6 is 11.8 Å². The van der Waals surface area contributed by atoms with E-state index in [0.29, 0.717) is 6.04 Å². The molecule has 1 fully saturated rings. The van der Waals surface area contributed by atoms with Crippen LogP contribution in [0.2, 0.25) is 0 Å². The van der Waals surface area contributed by atoms with Crippen molar-refractivity contribution < 1.29 is 4.79 Å². The second-order valence-corrected chi connectivity index (χ2v) is 6.63. The second-order valence-electron chi connectivity index (χ2n) is 5.69. The first-order valence-corrected chi connectivity index (χ1v) is 8.54. The zero-order chi connectivity index (χ0) is 16.1. The SMILES string of the molecule is CC(=N)[C@H](C#N)C(=O)CSc1nnc(C)n1C1CCCCC1. The number of aromatic nitrogens is 3. The maximum Gasteiger partial charge on any atom is 0.191 e. The Morgan fingerprint density at radius 2 is 2.14 bits per heavy atom. The van der Waals surface area contributed by atoms with Crippen molar-refractivity contribution in [2.24, 2.45) is 5.92 Å². The van der Waals surface area contributed by atoms with Crippen LogP contribution in [0, 0.1) is 29.6 Å². The minimum Gasteiger partial charge on any atom is -0.308 e. The van der Waals surface area contributed by atoms with E-state index in [-0.39, 0.29) is 17.2 Å². The Hall–Kier alpha value is -1.68. The van der Waals surface area contributed by atoms with E-state index in [1.165, 1.54) is 37.9 Å². The van der Waals surface area contributed by atoms with E-state index in [4.69, 9.17) is 10.7 Å². The molecule has 0 saturated heterocycles. The zero-order valence-electron chi connectivity index (χ0n) is 13.0. The predicted octanol–water partition coefficient (Wildman–Crippen LogP) is 2.93. The van der Waals surface area contributed by atoms with Crippen molar-refractivity contribution in [3.05, 3.63) is 5.82 Å². The number of aryl methyl sites for hydroxylation is 1. The first-order valence-electron chi connectivity index (χ1n) is 7.56. The molecule has 1 heterocycles. The van der Waals surface area contributed by atoms with Gasteiger partial charge in [-0.3, -0.25) is 4.79 Å². The molecular weight excluding hydrogens is 298 g/mol. The lowest BCUT2D eigenvalue weighted by molar-refractivity contribution is -0.117. The van der Waals surface area contributed by atoms with Gasteiger partial charge in [0.2, 0.25) is 0 Å². The quantitative estimate of drug-likeness (QED) is 0.642. The molecule has 0 unspecified atom stereocenters. The van der Waals surface area contributed by atoms with Crippen LogP contribution < -0.4 is 0 Å². The standard InChI is InChI=1S/C15H21N5OS/c1-10(17)13(8-16)14(21)9-22-15-19-18-11(2)20(15)12-6-4-3-5-7-12/h12-13,17H,3-7,9H2,1-2H3/t13-/m0/s1. The topological polar surface area (TPSA) is 95.4 Å². The van der Waals surface area contributed by atoms with Crippen molar-refractivity contribution in [1.29, 1.82) is 10.7 Å². The minimum atomic E-state index is -0.945. The number of carbonyl (C=O) groups is 1. The van der Waals surface area contributed by atoms with Crippen molar-refractivity contribution in [3.63, 3.8) is 0 Å². The van der Waals surface area contributed by atoms with Crippen molar-refractivity contribution in [1.82, 2.24) is 14.8 Å². The van der Waals surface area contributed by atoms with Gasteiger partial charge in [-0.1, -0.05) is 31.0 Å². The van der Waals surface area contributed by atoms with Crippen LogP contribution in [0.15, 0.2) is 5.16 Å². The lowest BCUT2D eigenvalue weighted by Crippen LogP contribution is -2.22. The van der Waals surface area contributed by atoms with Crippen LogP contribution in [0.4, 0.5) is 0 Å². The number of rotatable bonds is 6. The molecule has 1 aromatic heterocycles. The normalized spacial score (nSPS) is 17.0. The van der Waals surface area contributed by atoms with Gasteiger partial charge in [-0.05, 0) is 26.7 Å². The average molecular weight is 319 g/mol. The van der Waals surface area contributed by atoms with Gasteiger partial charge in [-0.15, -0.1) is 10.2 Å². The molecule has 1 saturated carbocycles. The average Bonchev–Trinajstić information content (AvgIpc) is 2.87. The maximum atomic E-state index is 12.0. The molecule has 0 bridgehead atoms. The summed E-state index contributed by atoms with van der Waals surface area (Å²) in [5.74, 6) is -0.156. The van der Waals surface area contributed by atoms with Gasteiger partial charge in [-0.25, -0.2) is 0 Å². The molecule has 6 nitrogen and oxygen atoms in total. The highest BCUT2D eigenvalue weighted by molar-refractivity contribution is 7.99. The molecule has 0 aromatic carbocycles. The van der Waals surface area contributed by atoms with E-state index >= 15 is 0 Å². The van der Waals surface area contributed by atoms with Crippen LogP contribution in [-0.4, -0.2) is 32.0 Å². The summed E-state index contributed by atoms with van der Waals surface area (Å²) < 4.78 is 2.13. The molecule has 7 heteroatoms. The third-order valence-electron chi connectivity index (χ3n) is 4.00. The Labute approximate surface area is 134 Å². The summed E-state index contributed by atoms with van der Waals surface area (Å²) in [4.78, 5) is 12.0. The van der Waals surface area contributed by atoms with Crippen molar-refractivity contribution in [2.75, 3.05) is 5.75 Å². The number of ketones is 1. The minimum absolute atomic E-state index is 0.0954. The molecule has 0 aliphatic heterocycles. The first-order chi connectivity index (χ1) is 10.5. The van der Waals surface area contributed by atoms with Gasteiger partial charge < -0.3 is 9.98 Å². The number of thioether (sulfide) groups is 1. The van der Waals surface area contributed by atoms with Crippen LogP contribution in [0.5, 0.6) is 0 Å². The second kappa shape index (κ2) is 7.54. The number of nitrogens with zero attached hydrogens (tertiary/aromatic N) is 4. The van der Waals surface area contributed by atoms with Crippen molar-refractivity contribution in [3.8, 4) is 6.07 Å². The third-order valence-corrected chi connectivity index (χ3v) is 4.97. The highest BCUT2D eigenvalue weighted by Crippen LogP contribution is 2.32. The van der Waals surface area contributed by atoms with Crippen molar-refractivity contribution >= 4 is 23.3 Å². The van der Waals surface area contributed by atoms with Crippen molar-refractivity contribution in [2.45, 2.75) is 57.1 Å². The maximum absolute atomic E-state index is 12.0. The van der Waals surface area contributed by atoms with E-state index in [9.17, 15) is 4.79 Å². The predicted molar refractivity (Wildman–Crippen MR) is 85.1 cm³/mol. The molecule has 1 N–H and O–H groups in total.